The Hall–Kier alpha value is -1.48. The molecule has 2 aromatic rings. The Balaban J connectivity index is 2.05. The van der Waals surface area contributed by atoms with Crippen LogP contribution in [0.3, 0.4) is 0 Å². The number of fused-ring (bicyclic) bond motifs is 1. The third kappa shape index (κ3) is 1.59. The van der Waals surface area contributed by atoms with E-state index in [2.05, 4.69) is 9.97 Å². The standard InChI is InChI=1S/C12H12N2O/c15-12(8-5-6-8)11-7-13-9-3-1-2-4-10(9)14-11/h1-4,7-8,12,15H,5-6H2. The molecule has 1 N–H and O–H groups in total. The fourth-order valence-corrected chi connectivity index (χ4v) is 1.77. The van der Waals surface area contributed by atoms with Gasteiger partial charge in [-0.2, -0.15) is 0 Å². The first kappa shape index (κ1) is 8.80. The van der Waals surface area contributed by atoms with Crippen LogP contribution in [0.1, 0.15) is 24.6 Å². The molecule has 3 nitrogen and oxygen atoms in total. The maximum Gasteiger partial charge on any atom is 0.100 e. The molecule has 0 aliphatic heterocycles. The fraction of sp³-hybridized carbons (Fsp3) is 0.333. The number of rotatable bonds is 2. The Bertz CT molecular complexity index is 494. The predicted octanol–water partition coefficient (Wildman–Crippen LogP) is 2.07. The molecule has 15 heavy (non-hydrogen) atoms. The molecule has 1 unspecified atom stereocenters. The van der Waals surface area contributed by atoms with E-state index in [1.54, 1.807) is 6.20 Å². The van der Waals surface area contributed by atoms with Gasteiger partial charge in [-0.25, -0.2) is 4.98 Å². The van der Waals surface area contributed by atoms with Crippen molar-refractivity contribution >= 4 is 11.0 Å². The van der Waals surface area contributed by atoms with Crippen LogP contribution in [0.4, 0.5) is 0 Å². The van der Waals surface area contributed by atoms with Gasteiger partial charge < -0.3 is 5.11 Å². The zero-order valence-electron chi connectivity index (χ0n) is 8.30. The van der Waals surface area contributed by atoms with Crippen molar-refractivity contribution in [1.29, 1.82) is 0 Å². The van der Waals surface area contributed by atoms with E-state index in [-0.39, 0.29) is 0 Å². The van der Waals surface area contributed by atoms with E-state index >= 15 is 0 Å². The molecule has 3 heteroatoms. The summed E-state index contributed by atoms with van der Waals surface area (Å²) in [7, 11) is 0. The molecule has 1 aliphatic carbocycles. The lowest BCUT2D eigenvalue weighted by Gasteiger charge is -2.08. The van der Waals surface area contributed by atoms with Crippen LogP contribution in [0.5, 0.6) is 0 Å². The summed E-state index contributed by atoms with van der Waals surface area (Å²) in [6, 6.07) is 7.72. The van der Waals surface area contributed by atoms with Crippen LogP contribution in [-0.2, 0) is 0 Å². The molecule has 76 valence electrons. The molecule has 3 rings (SSSR count). The number of aliphatic hydroxyl groups excluding tert-OH is 1. The van der Waals surface area contributed by atoms with Gasteiger partial charge in [0, 0.05) is 0 Å². The Labute approximate surface area is 87.8 Å². The summed E-state index contributed by atoms with van der Waals surface area (Å²) in [5, 5.41) is 9.92. The van der Waals surface area contributed by atoms with Crippen LogP contribution in [-0.4, -0.2) is 15.1 Å². The Morgan fingerprint density at radius 1 is 1.20 bits per heavy atom. The molecule has 1 saturated carbocycles. The molecule has 0 bridgehead atoms. The first-order valence-electron chi connectivity index (χ1n) is 5.24. The summed E-state index contributed by atoms with van der Waals surface area (Å²) in [5.74, 6) is 0.403. The SMILES string of the molecule is OC(c1cnc2ccccc2n1)C1CC1. The van der Waals surface area contributed by atoms with Crippen LogP contribution in [0.2, 0.25) is 0 Å². The lowest BCUT2D eigenvalue weighted by molar-refractivity contribution is 0.149. The smallest absolute Gasteiger partial charge is 0.100 e. The second-order valence-corrected chi connectivity index (χ2v) is 4.07. The zero-order chi connectivity index (χ0) is 10.3. The second-order valence-electron chi connectivity index (χ2n) is 4.07. The van der Waals surface area contributed by atoms with Crippen molar-refractivity contribution in [2.75, 3.05) is 0 Å². The Morgan fingerprint density at radius 2 is 1.93 bits per heavy atom. The van der Waals surface area contributed by atoms with Gasteiger partial charge in [0.1, 0.15) is 6.10 Å². The van der Waals surface area contributed by atoms with Gasteiger partial charge in [0.25, 0.3) is 0 Å². The number of hydrogen-bond donors (Lipinski definition) is 1. The Kier molecular flexibility index (Phi) is 1.92. The van der Waals surface area contributed by atoms with Gasteiger partial charge in [0.15, 0.2) is 0 Å². The summed E-state index contributed by atoms with van der Waals surface area (Å²) in [4.78, 5) is 8.71. The summed E-state index contributed by atoms with van der Waals surface area (Å²) in [6.45, 7) is 0. The van der Waals surface area contributed by atoms with Gasteiger partial charge >= 0.3 is 0 Å². The molecule has 0 radical (unpaired) electrons. The number of hydrogen-bond acceptors (Lipinski definition) is 3. The number of nitrogens with zero attached hydrogens (tertiary/aromatic N) is 2. The highest BCUT2D eigenvalue weighted by atomic mass is 16.3. The van der Waals surface area contributed by atoms with Crippen molar-refractivity contribution in [3.63, 3.8) is 0 Å². The van der Waals surface area contributed by atoms with Crippen molar-refractivity contribution in [1.82, 2.24) is 9.97 Å². The maximum absolute atomic E-state index is 9.92. The lowest BCUT2D eigenvalue weighted by atomic mass is 10.1. The molecule has 1 aromatic heterocycles. The number of benzene rings is 1. The van der Waals surface area contributed by atoms with Gasteiger partial charge in [-0.15, -0.1) is 0 Å². The summed E-state index contributed by atoms with van der Waals surface area (Å²) < 4.78 is 0. The molecule has 1 heterocycles. The Morgan fingerprint density at radius 3 is 2.67 bits per heavy atom. The lowest BCUT2D eigenvalue weighted by Crippen LogP contribution is -2.03. The second kappa shape index (κ2) is 3.28. The maximum atomic E-state index is 9.92. The highest BCUT2D eigenvalue weighted by Crippen LogP contribution is 2.40. The van der Waals surface area contributed by atoms with Gasteiger partial charge in [-0.1, -0.05) is 12.1 Å². The molecule has 0 saturated heterocycles. The average molecular weight is 200 g/mol. The fourth-order valence-electron chi connectivity index (χ4n) is 1.77. The number of aliphatic hydroxyl groups is 1. The first-order valence-corrected chi connectivity index (χ1v) is 5.24. The number of para-hydroxylation sites is 2. The molecule has 1 atom stereocenters. The van der Waals surface area contributed by atoms with Crippen molar-refractivity contribution in [3.05, 3.63) is 36.2 Å². The van der Waals surface area contributed by atoms with Crippen molar-refractivity contribution in [2.45, 2.75) is 18.9 Å². The monoisotopic (exact) mass is 200 g/mol. The van der Waals surface area contributed by atoms with Crippen LogP contribution in [0, 0.1) is 5.92 Å². The molecule has 0 amide bonds. The average Bonchev–Trinajstić information content (AvgIpc) is 3.11. The largest absolute Gasteiger partial charge is 0.386 e. The van der Waals surface area contributed by atoms with E-state index in [1.807, 2.05) is 24.3 Å². The normalized spacial score (nSPS) is 17.9. The van der Waals surface area contributed by atoms with Crippen LogP contribution in [0.25, 0.3) is 11.0 Å². The van der Waals surface area contributed by atoms with E-state index in [0.29, 0.717) is 11.6 Å². The van der Waals surface area contributed by atoms with Gasteiger partial charge in [-0.05, 0) is 30.9 Å². The molecule has 1 aromatic carbocycles. The summed E-state index contributed by atoms with van der Waals surface area (Å²) >= 11 is 0. The topological polar surface area (TPSA) is 46.0 Å². The summed E-state index contributed by atoms with van der Waals surface area (Å²) in [5.41, 5.74) is 2.44. The first-order chi connectivity index (χ1) is 7.34. The minimum atomic E-state index is -0.429. The van der Waals surface area contributed by atoms with E-state index in [4.69, 9.17) is 0 Å². The molecular weight excluding hydrogens is 188 g/mol. The van der Waals surface area contributed by atoms with Crippen molar-refractivity contribution in [2.24, 2.45) is 5.92 Å². The van der Waals surface area contributed by atoms with E-state index < -0.39 is 6.10 Å². The third-order valence-electron chi connectivity index (χ3n) is 2.84. The molecule has 1 fully saturated rings. The highest BCUT2D eigenvalue weighted by molar-refractivity contribution is 5.73. The zero-order valence-corrected chi connectivity index (χ0v) is 8.30. The van der Waals surface area contributed by atoms with Gasteiger partial charge in [0.2, 0.25) is 0 Å². The molecule has 1 aliphatic rings. The minimum Gasteiger partial charge on any atom is -0.386 e. The van der Waals surface area contributed by atoms with Gasteiger partial charge in [-0.3, -0.25) is 4.98 Å². The van der Waals surface area contributed by atoms with E-state index in [9.17, 15) is 5.11 Å². The van der Waals surface area contributed by atoms with Crippen LogP contribution in [0.15, 0.2) is 30.5 Å². The molecule has 0 spiro atoms. The third-order valence-corrected chi connectivity index (χ3v) is 2.84. The predicted molar refractivity (Wildman–Crippen MR) is 57.2 cm³/mol. The molecular formula is C12H12N2O. The number of aromatic nitrogens is 2. The van der Waals surface area contributed by atoms with Crippen LogP contribution < -0.4 is 0 Å². The van der Waals surface area contributed by atoms with E-state index in [0.717, 1.165) is 23.9 Å². The van der Waals surface area contributed by atoms with Gasteiger partial charge in [0.05, 0.1) is 22.9 Å². The van der Waals surface area contributed by atoms with E-state index in [1.165, 1.54) is 0 Å². The van der Waals surface area contributed by atoms with Crippen LogP contribution >= 0.6 is 0 Å². The quantitative estimate of drug-likeness (QED) is 0.807. The van der Waals surface area contributed by atoms with Crippen molar-refractivity contribution in [3.8, 4) is 0 Å². The summed E-state index contributed by atoms with van der Waals surface area (Å²) in [6.07, 6.45) is 3.47. The van der Waals surface area contributed by atoms with Crippen molar-refractivity contribution < 1.29 is 5.11 Å². The highest BCUT2D eigenvalue weighted by Gasteiger charge is 2.31. The minimum absolute atomic E-state index is 0.403.